The summed E-state index contributed by atoms with van der Waals surface area (Å²) in [5.41, 5.74) is 0.455. The Morgan fingerprint density at radius 3 is 2.62 bits per heavy atom. The second kappa shape index (κ2) is 6.76. The standard InChI is InChI=1S/C13H15Br2NO4S/c14-9-1-2-11(12(15)7-9)13(18)16(4-5-17)10-3-6-21(19,20)8-10/h1-2,7,10,17H,3-6,8H2. The van der Waals surface area contributed by atoms with E-state index in [9.17, 15) is 18.3 Å². The summed E-state index contributed by atoms with van der Waals surface area (Å²) in [5.74, 6) is -0.216. The van der Waals surface area contributed by atoms with Crippen molar-refractivity contribution < 1.29 is 18.3 Å². The third kappa shape index (κ3) is 4.06. The first-order valence-corrected chi connectivity index (χ1v) is 9.82. The van der Waals surface area contributed by atoms with E-state index in [4.69, 9.17) is 0 Å². The number of carbonyl (C=O) groups is 1. The molecular weight excluding hydrogens is 426 g/mol. The summed E-state index contributed by atoms with van der Waals surface area (Å²) in [5, 5.41) is 9.17. The van der Waals surface area contributed by atoms with E-state index >= 15 is 0 Å². The molecule has 1 aliphatic rings. The Hall–Kier alpha value is -0.440. The van der Waals surface area contributed by atoms with E-state index in [1.807, 2.05) is 0 Å². The molecule has 1 N–H and O–H groups in total. The first-order chi connectivity index (χ1) is 9.84. The Labute approximate surface area is 140 Å². The van der Waals surface area contributed by atoms with Gasteiger partial charge in [-0.05, 0) is 40.5 Å². The maximum atomic E-state index is 12.6. The number of nitrogens with zero attached hydrogens (tertiary/aromatic N) is 1. The first-order valence-electron chi connectivity index (χ1n) is 6.41. The lowest BCUT2D eigenvalue weighted by molar-refractivity contribution is 0.0654. The van der Waals surface area contributed by atoms with Gasteiger partial charge in [0, 0.05) is 21.5 Å². The number of aliphatic hydroxyl groups is 1. The zero-order valence-electron chi connectivity index (χ0n) is 11.1. The van der Waals surface area contributed by atoms with E-state index in [0.29, 0.717) is 16.5 Å². The molecule has 5 nitrogen and oxygen atoms in total. The quantitative estimate of drug-likeness (QED) is 0.774. The smallest absolute Gasteiger partial charge is 0.255 e. The predicted octanol–water partition coefficient (Wildman–Crippen LogP) is 1.83. The van der Waals surface area contributed by atoms with Gasteiger partial charge in [0.1, 0.15) is 0 Å². The molecule has 1 amide bonds. The van der Waals surface area contributed by atoms with Crippen LogP contribution in [0.3, 0.4) is 0 Å². The summed E-state index contributed by atoms with van der Waals surface area (Å²) in [6.45, 7) is -0.0715. The molecule has 1 aromatic rings. The molecule has 1 fully saturated rings. The molecule has 1 saturated heterocycles. The molecule has 1 atom stereocenters. The molecule has 2 rings (SSSR count). The molecular formula is C13H15Br2NO4S. The van der Waals surface area contributed by atoms with Gasteiger partial charge >= 0.3 is 0 Å². The average Bonchev–Trinajstić information content (AvgIpc) is 2.75. The number of amides is 1. The minimum absolute atomic E-state index is 0.0348. The number of aliphatic hydroxyl groups excluding tert-OH is 1. The van der Waals surface area contributed by atoms with Crippen molar-refractivity contribution in [2.24, 2.45) is 0 Å². The Morgan fingerprint density at radius 1 is 1.38 bits per heavy atom. The second-order valence-corrected chi connectivity index (χ2v) is 8.90. The highest BCUT2D eigenvalue weighted by atomic mass is 79.9. The van der Waals surface area contributed by atoms with Crippen LogP contribution in [-0.4, -0.2) is 55.0 Å². The van der Waals surface area contributed by atoms with Crippen molar-refractivity contribution in [1.29, 1.82) is 0 Å². The summed E-state index contributed by atoms with van der Waals surface area (Å²) in [7, 11) is -3.09. The number of rotatable bonds is 4. The van der Waals surface area contributed by atoms with Crippen LogP contribution in [0.5, 0.6) is 0 Å². The first kappa shape index (κ1) is 16.9. The monoisotopic (exact) mass is 439 g/mol. The highest BCUT2D eigenvalue weighted by molar-refractivity contribution is 9.11. The zero-order chi connectivity index (χ0) is 15.6. The van der Waals surface area contributed by atoms with E-state index in [0.717, 1.165) is 4.47 Å². The SMILES string of the molecule is O=C(c1ccc(Br)cc1Br)N(CCO)C1CCS(=O)(=O)C1. The van der Waals surface area contributed by atoms with E-state index in [2.05, 4.69) is 31.9 Å². The summed E-state index contributed by atoms with van der Waals surface area (Å²) in [4.78, 5) is 14.1. The minimum atomic E-state index is -3.09. The average molecular weight is 441 g/mol. The van der Waals surface area contributed by atoms with Gasteiger partial charge in [-0.2, -0.15) is 0 Å². The molecule has 21 heavy (non-hydrogen) atoms. The third-order valence-corrected chi connectivity index (χ3v) is 6.31. The Morgan fingerprint density at radius 2 is 2.10 bits per heavy atom. The van der Waals surface area contributed by atoms with Gasteiger partial charge in [0.2, 0.25) is 0 Å². The number of hydrogen-bond acceptors (Lipinski definition) is 4. The lowest BCUT2D eigenvalue weighted by atomic mass is 10.1. The molecule has 1 aromatic carbocycles. The minimum Gasteiger partial charge on any atom is -0.395 e. The molecule has 1 aliphatic heterocycles. The van der Waals surface area contributed by atoms with Crippen molar-refractivity contribution in [2.75, 3.05) is 24.7 Å². The van der Waals surface area contributed by atoms with E-state index in [1.54, 1.807) is 18.2 Å². The maximum Gasteiger partial charge on any atom is 0.255 e. The van der Waals surface area contributed by atoms with Crippen molar-refractivity contribution in [3.63, 3.8) is 0 Å². The Balaban J connectivity index is 2.27. The van der Waals surface area contributed by atoms with Gasteiger partial charge in [-0.25, -0.2) is 8.42 Å². The lowest BCUT2D eigenvalue weighted by Crippen LogP contribution is -2.43. The maximum absolute atomic E-state index is 12.6. The second-order valence-electron chi connectivity index (χ2n) is 4.90. The fourth-order valence-corrected chi connectivity index (χ4v) is 5.34. The molecule has 0 bridgehead atoms. The van der Waals surface area contributed by atoms with Crippen molar-refractivity contribution in [1.82, 2.24) is 4.90 Å². The van der Waals surface area contributed by atoms with Crippen molar-refractivity contribution in [3.05, 3.63) is 32.7 Å². The summed E-state index contributed by atoms with van der Waals surface area (Å²) >= 11 is 6.66. The van der Waals surface area contributed by atoms with Gasteiger partial charge < -0.3 is 10.0 Å². The van der Waals surface area contributed by atoms with Gasteiger partial charge in [-0.1, -0.05) is 15.9 Å². The predicted molar refractivity (Wildman–Crippen MR) is 87.0 cm³/mol. The van der Waals surface area contributed by atoms with Crippen LogP contribution in [-0.2, 0) is 9.84 Å². The molecule has 0 spiro atoms. The van der Waals surface area contributed by atoms with Crippen LogP contribution < -0.4 is 0 Å². The molecule has 0 saturated carbocycles. The van der Waals surface area contributed by atoms with Crippen molar-refractivity contribution in [3.8, 4) is 0 Å². The Kier molecular flexibility index (Phi) is 5.45. The van der Waals surface area contributed by atoms with Crippen LogP contribution in [0.1, 0.15) is 16.8 Å². The van der Waals surface area contributed by atoms with Crippen molar-refractivity contribution in [2.45, 2.75) is 12.5 Å². The van der Waals surface area contributed by atoms with Gasteiger partial charge in [0.15, 0.2) is 9.84 Å². The highest BCUT2D eigenvalue weighted by Gasteiger charge is 2.35. The van der Waals surface area contributed by atoms with Crippen LogP contribution >= 0.6 is 31.9 Å². The summed E-state index contributed by atoms with van der Waals surface area (Å²) in [6.07, 6.45) is 0.419. The van der Waals surface area contributed by atoms with Crippen LogP contribution in [0.25, 0.3) is 0 Å². The zero-order valence-corrected chi connectivity index (χ0v) is 15.1. The normalized spacial score (nSPS) is 20.4. The lowest BCUT2D eigenvalue weighted by Gasteiger charge is -2.28. The van der Waals surface area contributed by atoms with Crippen LogP contribution in [0, 0.1) is 0 Å². The van der Waals surface area contributed by atoms with Gasteiger partial charge in [-0.15, -0.1) is 0 Å². The number of carbonyl (C=O) groups excluding carboxylic acids is 1. The molecule has 0 aromatic heterocycles. The molecule has 0 radical (unpaired) electrons. The van der Waals surface area contributed by atoms with Gasteiger partial charge in [-0.3, -0.25) is 4.79 Å². The van der Waals surface area contributed by atoms with Crippen LogP contribution in [0.15, 0.2) is 27.1 Å². The van der Waals surface area contributed by atoms with E-state index in [-0.39, 0.29) is 36.6 Å². The molecule has 0 aliphatic carbocycles. The summed E-state index contributed by atoms with van der Waals surface area (Å²) < 4.78 is 24.7. The van der Waals surface area contributed by atoms with Gasteiger partial charge in [0.05, 0.1) is 23.7 Å². The van der Waals surface area contributed by atoms with Crippen molar-refractivity contribution >= 4 is 47.6 Å². The highest BCUT2D eigenvalue weighted by Crippen LogP contribution is 2.26. The summed E-state index contributed by atoms with van der Waals surface area (Å²) in [6, 6.07) is 4.81. The Bertz CT molecular complexity index is 648. The van der Waals surface area contributed by atoms with Gasteiger partial charge in [0.25, 0.3) is 5.91 Å². The van der Waals surface area contributed by atoms with Crippen LogP contribution in [0.4, 0.5) is 0 Å². The fourth-order valence-electron chi connectivity index (χ4n) is 2.40. The third-order valence-electron chi connectivity index (χ3n) is 3.41. The number of hydrogen-bond donors (Lipinski definition) is 1. The van der Waals surface area contributed by atoms with Crippen LogP contribution in [0.2, 0.25) is 0 Å². The molecule has 1 heterocycles. The number of sulfone groups is 1. The fraction of sp³-hybridized carbons (Fsp3) is 0.462. The van der Waals surface area contributed by atoms with E-state index in [1.165, 1.54) is 4.90 Å². The number of benzene rings is 1. The molecule has 8 heteroatoms. The largest absolute Gasteiger partial charge is 0.395 e. The topological polar surface area (TPSA) is 74.7 Å². The van der Waals surface area contributed by atoms with E-state index < -0.39 is 9.84 Å². The number of halogens is 2. The molecule has 116 valence electrons. The molecule has 1 unspecified atom stereocenters.